The Morgan fingerprint density at radius 1 is 1.12 bits per heavy atom. The van der Waals surface area contributed by atoms with Crippen molar-refractivity contribution in [3.8, 4) is 6.07 Å². The van der Waals surface area contributed by atoms with Crippen molar-refractivity contribution in [2.24, 2.45) is 0 Å². The highest BCUT2D eigenvalue weighted by molar-refractivity contribution is 5.96. The summed E-state index contributed by atoms with van der Waals surface area (Å²) in [4.78, 5) is 12.0. The van der Waals surface area contributed by atoms with Crippen molar-refractivity contribution in [2.45, 2.75) is 26.9 Å². The molecule has 0 fully saturated rings. The fourth-order valence-corrected chi connectivity index (χ4v) is 1.98. The van der Waals surface area contributed by atoms with E-state index in [0.29, 0.717) is 11.1 Å². The molecule has 4 nitrogen and oxygen atoms in total. The van der Waals surface area contributed by atoms with Crippen LogP contribution in [0.15, 0.2) is 42.5 Å². The molecule has 0 unspecified atom stereocenters. The number of nitriles is 1. The van der Waals surface area contributed by atoms with Crippen LogP contribution in [0, 0.1) is 18.3 Å². The third-order valence-electron chi connectivity index (χ3n) is 3.15. The van der Waals surface area contributed by atoms with E-state index in [4.69, 9.17) is 5.26 Å². The molecule has 0 spiro atoms. The lowest BCUT2D eigenvalue weighted by molar-refractivity contribution is -0.137. The van der Waals surface area contributed by atoms with Crippen LogP contribution < -0.4 is 10.9 Å². The van der Waals surface area contributed by atoms with Gasteiger partial charge in [0.15, 0.2) is 0 Å². The fraction of sp³-hybridized carbons (Fsp3) is 0.222. The van der Waals surface area contributed by atoms with Crippen molar-refractivity contribution in [1.29, 1.82) is 5.26 Å². The quantitative estimate of drug-likeness (QED) is 0.792. The van der Waals surface area contributed by atoms with Gasteiger partial charge in [0.25, 0.3) is 5.91 Å². The van der Waals surface area contributed by atoms with E-state index in [-0.39, 0.29) is 11.3 Å². The second kappa shape index (κ2) is 8.73. The predicted molar refractivity (Wildman–Crippen MR) is 89.8 cm³/mol. The number of halogens is 3. The fourth-order valence-electron chi connectivity index (χ4n) is 1.98. The number of anilines is 1. The van der Waals surface area contributed by atoms with E-state index < -0.39 is 17.6 Å². The van der Waals surface area contributed by atoms with Crippen molar-refractivity contribution >= 4 is 11.6 Å². The molecule has 0 radical (unpaired) electrons. The molecule has 132 valence electrons. The molecule has 0 atom stereocenters. The molecule has 0 aliphatic carbocycles. The van der Waals surface area contributed by atoms with Crippen LogP contribution in [0.4, 0.5) is 18.9 Å². The molecule has 0 aliphatic rings. The summed E-state index contributed by atoms with van der Waals surface area (Å²) in [6.07, 6.45) is -4.65. The normalized spacial score (nSPS) is 10.1. The lowest BCUT2D eigenvalue weighted by Gasteiger charge is -2.16. The highest BCUT2D eigenvalue weighted by atomic mass is 19.4. The molecule has 1 amide bonds. The summed E-state index contributed by atoms with van der Waals surface area (Å²) in [5.74, 6) is -0.555. The summed E-state index contributed by atoms with van der Waals surface area (Å²) in [5.41, 5.74) is 4.07. The van der Waals surface area contributed by atoms with Crippen molar-refractivity contribution in [2.75, 3.05) is 5.43 Å². The average Bonchev–Trinajstić information content (AvgIpc) is 2.61. The Balaban J connectivity index is 0.00000151. The van der Waals surface area contributed by atoms with Crippen LogP contribution in [-0.2, 0) is 6.18 Å². The summed E-state index contributed by atoms with van der Waals surface area (Å²) >= 11 is 0. The Morgan fingerprint density at radius 3 is 2.32 bits per heavy atom. The van der Waals surface area contributed by atoms with Gasteiger partial charge in [0.2, 0.25) is 0 Å². The molecule has 7 heteroatoms. The number of rotatable bonds is 3. The number of nitrogens with zero attached hydrogens (tertiary/aromatic N) is 1. The van der Waals surface area contributed by atoms with Crippen molar-refractivity contribution in [3.63, 3.8) is 0 Å². The smallest absolute Gasteiger partial charge is 0.298 e. The van der Waals surface area contributed by atoms with Gasteiger partial charge in [-0.2, -0.15) is 18.4 Å². The first-order chi connectivity index (χ1) is 11.8. The van der Waals surface area contributed by atoms with Gasteiger partial charge in [-0.1, -0.05) is 32.0 Å². The minimum Gasteiger partial charge on any atom is -0.298 e. The first-order valence-corrected chi connectivity index (χ1v) is 7.56. The molecule has 0 saturated heterocycles. The van der Waals surface area contributed by atoms with Gasteiger partial charge in [-0.25, -0.2) is 0 Å². The number of alkyl halides is 3. The Bertz CT molecular complexity index is 780. The number of carbonyl (C=O) groups is 1. The van der Waals surface area contributed by atoms with Gasteiger partial charge in [-0.15, -0.1) is 0 Å². The van der Waals surface area contributed by atoms with Gasteiger partial charge in [0.1, 0.15) is 0 Å². The Labute approximate surface area is 144 Å². The molecule has 2 aromatic carbocycles. The summed E-state index contributed by atoms with van der Waals surface area (Å²) in [5, 5.41) is 8.71. The van der Waals surface area contributed by atoms with E-state index >= 15 is 0 Å². The zero-order chi connectivity index (χ0) is 19.0. The van der Waals surface area contributed by atoms with Crippen LogP contribution in [0.25, 0.3) is 0 Å². The molecule has 0 bridgehead atoms. The summed E-state index contributed by atoms with van der Waals surface area (Å²) in [6, 6.07) is 11.4. The molecule has 25 heavy (non-hydrogen) atoms. The molecule has 0 aromatic heterocycles. The number of hydrogen-bond acceptors (Lipinski definition) is 3. The first-order valence-electron chi connectivity index (χ1n) is 7.56. The van der Waals surface area contributed by atoms with E-state index in [1.807, 2.05) is 13.8 Å². The van der Waals surface area contributed by atoms with Crippen molar-refractivity contribution in [3.05, 3.63) is 64.7 Å². The standard InChI is InChI=1S/C16H12F3N3O.C2H6/c1-10-4-2-3-5-12(10)15(23)22-21-14-7-6-11(9-20)8-13(14)16(17,18)19;1-2/h2-8,21H,1H3,(H,22,23);1-2H3. The summed E-state index contributed by atoms with van der Waals surface area (Å²) in [6.45, 7) is 5.72. The van der Waals surface area contributed by atoms with E-state index in [9.17, 15) is 18.0 Å². The molecule has 0 heterocycles. The number of aryl methyl sites for hydroxylation is 1. The Morgan fingerprint density at radius 2 is 1.76 bits per heavy atom. The van der Waals surface area contributed by atoms with Crippen LogP contribution in [0.5, 0.6) is 0 Å². The number of hydrogen-bond donors (Lipinski definition) is 2. The average molecular weight is 349 g/mol. The Hall–Kier alpha value is -3.01. The number of benzene rings is 2. The third kappa shape index (κ3) is 5.24. The van der Waals surface area contributed by atoms with Gasteiger partial charge < -0.3 is 0 Å². The monoisotopic (exact) mass is 349 g/mol. The van der Waals surface area contributed by atoms with Crippen LogP contribution in [0.1, 0.15) is 40.9 Å². The van der Waals surface area contributed by atoms with E-state index in [0.717, 1.165) is 12.1 Å². The maximum absolute atomic E-state index is 13.0. The lowest BCUT2D eigenvalue weighted by atomic mass is 10.1. The first kappa shape index (κ1) is 20.0. The maximum Gasteiger partial charge on any atom is 0.418 e. The molecule has 2 rings (SSSR count). The number of nitrogens with one attached hydrogen (secondary N) is 2. The zero-order valence-electron chi connectivity index (χ0n) is 14.0. The van der Waals surface area contributed by atoms with E-state index in [1.54, 1.807) is 37.3 Å². The number of hydrazine groups is 1. The van der Waals surface area contributed by atoms with Crippen molar-refractivity contribution in [1.82, 2.24) is 5.43 Å². The second-order valence-corrected chi connectivity index (χ2v) is 4.76. The molecule has 2 aromatic rings. The van der Waals surface area contributed by atoms with Gasteiger partial charge in [-0.3, -0.25) is 15.6 Å². The van der Waals surface area contributed by atoms with Crippen molar-refractivity contribution < 1.29 is 18.0 Å². The minimum atomic E-state index is -4.65. The van der Waals surface area contributed by atoms with Gasteiger partial charge >= 0.3 is 6.18 Å². The summed E-state index contributed by atoms with van der Waals surface area (Å²) < 4.78 is 39.0. The van der Waals surface area contributed by atoms with Gasteiger partial charge in [-0.05, 0) is 36.8 Å². The molecule has 2 N–H and O–H groups in total. The van der Waals surface area contributed by atoms with Crippen LogP contribution in [0.3, 0.4) is 0 Å². The van der Waals surface area contributed by atoms with Gasteiger partial charge in [0, 0.05) is 5.56 Å². The maximum atomic E-state index is 13.0. The van der Waals surface area contributed by atoms with E-state index in [2.05, 4.69) is 10.9 Å². The van der Waals surface area contributed by atoms with Crippen LogP contribution in [-0.4, -0.2) is 5.91 Å². The highest BCUT2D eigenvalue weighted by Crippen LogP contribution is 2.35. The van der Waals surface area contributed by atoms with E-state index in [1.165, 1.54) is 6.07 Å². The Kier molecular flexibility index (Phi) is 7.00. The van der Waals surface area contributed by atoms with Crippen LogP contribution in [0.2, 0.25) is 0 Å². The number of carbonyl (C=O) groups excluding carboxylic acids is 1. The predicted octanol–water partition coefficient (Wildman–Crippen LogP) is 4.67. The van der Waals surface area contributed by atoms with Gasteiger partial charge in [0.05, 0.1) is 22.9 Å². The molecule has 0 saturated carbocycles. The minimum absolute atomic E-state index is 0.117. The molecular weight excluding hydrogens is 331 g/mol. The third-order valence-corrected chi connectivity index (χ3v) is 3.15. The molecular formula is C18H18F3N3O. The summed E-state index contributed by atoms with van der Waals surface area (Å²) in [7, 11) is 0. The topological polar surface area (TPSA) is 64.9 Å². The lowest BCUT2D eigenvalue weighted by Crippen LogP contribution is -2.31. The molecule has 0 aliphatic heterocycles. The number of amides is 1. The zero-order valence-corrected chi connectivity index (χ0v) is 14.0. The SMILES string of the molecule is CC.Cc1ccccc1C(=O)NNc1ccc(C#N)cc1C(F)(F)F. The van der Waals surface area contributed by atoms with Crippen LogP contribution >= 0.6 is 0 Å². The highest BCUT2D eigenvalue weighted by Gasteiger charge is 2.34. The largest absolute Gasteiger partial charge is 0.418 e. The second-order valence-electron chi connectivity index (χ2n) is 4.76.